The van der Waals surface area contributed by atoms with Crippen LogP contribution < -0.4 is 5.32 Å². The predicted octanol–water partition coefficient (Wildman–Crippen LogP) is 2.71. The molecule has 2 rings (SSSR count). The van der Waals surface area contributed by atoms with Crippen LogP contribution in [0.5, 0.6) is 0 Å². The number of rotatable bonds is 4. The monoisotopic (exact) mass is 328 g/mol. The fourth-order valence-electron chi connectivity index (χ4n) is 2.31. The third kappa shape index (κ3) is 4.30. The van der Waals surface area contributed by atoms with Crippen molar-refractivity contribution in [2.24, 2.45) is 0 Å². The third-order valence-corrected chi connectivity index (χ3v) is 5.91. The predicted molar refractivity (Wildman–Crippen MR) is 87.7 cm³/mol. The molecule has 4 nitrogen and oxygen atoms in total. The average Bonchev–Trinajstić information content (AvgIpc) is 2.47. The number of nitrogens with one attached hydrogen (secondary N) is 1. The standard InChI is InChI=1S/C15H21ClN2O2S/c1-15(17-2)8-10-18(11-9-15)21(19,20)12-7-13-3-5-14(16)6-4-13/h3-7,12,17H,8-11H2,1-2H3/b12-7+. The van der Waals surface area contributed by atoms with Crippen LogP contribution in [0.2, 0.25) is 5.02 Å². The molecule has 1 saturated heterocycles. The van der Waals surface area contributed by atoms with E-state index in [2.05, 4.69) is 12.2 Å². The summed E-state index contributed by atoms with van der Waals surface area (Å²) in [4.78, 5) is 0. The van der Waals surface area contributed by atoms with Gasteiger partial charge in [0.1, 0.15) is 0 Å². The van der Waals surface area contributed by atoms with Gasteiger partial charge in [-0.2, -0.15) is 4.31 Å². The molecule has 0 bridgehead atoms. The molecule has 1 heterocycles. The minimum absolute atomic E-state index is 0.0336. The lowest BCUT2D eigenvalue weighted by Crippen LogP contribution is -2.50. The zero-order valence-electron chi connectivity index (χ0n) is 12.3. The molecule has 1 aliphatic heterocycles. The highest BCUT2D eigenvalue weighted by atomic mass is 35.5. The first-order valence-corrected chi connectivity index (χ1v) is 8.85. The van der Waals surface area contributed by atoms with E-state index < -0.39 is 10.0 Å². The van der Waals surface area contributed by atoms with E-state index in [1.54, 1.807) is 34.6 Å². The van der Waals surface area contributed by atoms with E-state index in [-0.39, 0.29) is 5.54 Å². The van der Waals surface area contributed by atoms with E-state index >= 15 is 0 Å². The number of piperidine rings is 1. The molecule has 1 N–H and O–H groups in total. The third-order valence-electron chi connectivity index (χ3n) is 4.09. The molecule has 0 unspecified atom stereocenters. The van der Waals surface area contributed by atoms with Crippen molar-refractivity contribution >= 4 is 27.7 Å². The van der Waals surface area contributed by atoms with Gasteiger partial charge >= 0.3 is 0 Å². The van der Waals surface area contributed by atoms with Gasteiger partial charge in [-0.15, -0.1) is 0 Å². The summed E-state index contributed by atoms with van der Waals surface area (Å²) in [5, 5.41) is 5.18. The van der Waals surface area contributed by atoms with Crippen LogP contribution in [0.25, 0.3) is 6.08 Å². The molecule has 1 aromatic carbocycles. The first kappa shape index (κ1) is 16.5. The number of benzene rings is 1. The van der Waals surface area contributed by atoms with Crippen molar-refractivity contribution < 1.29 is 8.42 Å². The van der Waals surface area contributed by atoms with Gasteiger partial charge in [0.05, 0.1) is 0 Å². The molecule has 1 aliphatic rings. The summed E-state index contributed by atoms with van der Waals surface area (Å²) in [5.41, 5.74) is 0.853. The summed E-state index contributed by atoms with van der Waals surface area (Å²) in [6, 6.07) is 7.07. The second-order valence-electron chi connectivity index (χ2n) is 5.61. The van der Waals surface area contributed by atoms with Crippen LogP contribution >= 0.6 is 11.6 Å². The molecule has 6 heteroatoms. The molecule has 0 atom stereocenters. The molecule has 0 radical (unpaired) electrons. The molecule has 0 aromatic heterocycles. The first-order valence-electron chi connectivity index (χ1n) is 6.97. The van der Waals surface area contributed by atoms with Crippen LogP contribution in [0, 0.1) is 0 Å². The number of hydrogen-bond acceptors (Lipinski definition) is 3. The van der Waals surface area contributed by atoms with E-state index in [4.69, 9.17) is 11.6 Å². The van der Waals surface area contributed by atoms with Gasteiger partial charge in [0.2, 0.25) is 10.0 Å². The highest BCUT2D eigenvalue weighted by molar-refractivity contribution is 7.92. The van der Waals surface area contributed by atoms with Crippen LogP contribution in [-0.4, -0.2) is 38.4 Å². The van der Waals surface area contributed by atoms with Gasteiger partial charge < -0.3 is 5.32 Å². The molecule has 0 amide bonds. The minimum atomic E-state index is -3.36. The molecule has 1 aromatic rings. The molecular formula is C15H21ClN2O2S. The van der Waals surface area contributed by atoms with Gasteiger partial charge in [0, 0.05) is 29.1 Å². The summed E-state index contributed by atoms with van der Waals surface area (Å²) in [6.45, 7) is 3.22. The Morgan fingerprint density at radius 2 is 1.81 bits per heavy atom. The Labute approximate surface area is 131 Å². The quantitative estimate of drug-likeness (QED) is 0.924. The Balaban J connectivity index is 2.04. The van der Waals surface area contributed by atoms with Crippen LogP contribution in [-0.2, 0) is 10.0 Å². The maximum Gasteiger partial charge on any atom is 0.236 e. The van der Waals surface area contributed by atoms with Gasteiger partial charge in [0.25, 0.3) is 0 Å². The Hall–Kier alpha value is -0.880. The van der Waals surface area contributed by atoms with Gasteiger partial charge in [-0.05, 0) is 50.6 Å². The number of hydrogen-bond donors (Lipinski definition) is 1. The van der Waals surface area contributed by atoms with Crippen LogP contribution in [0.1, 0.15) is 25.3 Å². The van der Waals surface area contributed by atoms with Crippen molar-refractivity contribution in [2.45, 2.75) is 25.3 Å². The molecule has 21 heavy (non-hydrogen) atoms. The highest BCUT2D eigenvalue weighted by Gasteiger charge is 2.32. The molecule has 116 valence electrons. The first-order chi connectivity index (χ1) is 9.85. The fourth-order valence-corrected chi connectivity index (χ4v) is 3.63. The Morgan fingerprint density at radius 3 is 2.33 bits per heavy atom. The normalized spacial score (nSPS) is 20.0. The molecule has 0 saturated carbocycles. The van der Waals surface area contributed by atoms with E-state index in [1.807, 2.05) is 7.05 Å². The molecule has 0 spiro atoms. The average molecular weight is 329 g/mol. The zero-order chi connectivity index (χ0) is 15.5. The Morgan fingerprint density at radius 1 is 1.24 bits per heavy atom. The van der Waals surface area contributed by atoms with Crippen molar-refractivity contribution in [1.29, 1.82) is 0 Å². The van der Waals surface area contributed by atoms with Gasteiger partial charge in [-0.1, -0.05) is 23.7 Å². The molecular weight excluding hydrogens is 308 g/mol. The van der Waals surface area contributed by atoms with Crippen molar-refractivity contribution in [3.63, 3.8) is 0 Å². The number of sulfonamides is 1. The Kier molecular flexibility index (Phi) is 5.09. The van der Waals surface area contributed by atoms with Crippen molar-refractivity contribution in [3.8, 4) is 0 Å². The fraction of sp³-hybridized carbons (Fsp3) is 0.467. The smallest absolute Gasteiger partial charge is 0.236 e. The van der Waals surface area contributed by atoms with E-state index in [1.165, 1.54) is 5.41 Å². The summed E-state index contributed by atoms with van der Waals surface area (Å²) >= 11 is 5.81. The van der Waals surface area contributed by atoms with E-state index in [9.17, 15) is 8.42 Å². The molecule has 1 fully saturated rings. The second kappa shape index (κ2) is 6.48. The SMILES string of the molecule is CNC1(C)CCN(S(=O)(=O)/C=C/c2ccc(Cl)cc2)CC1. The van der Waals surface area contributed by atoms with Gasteiger partial charge in [-0.3, -0.25) is 0 Å². The summed E-state index contributed by atoms with van der Waals surface area (Å²) in [6.07, 6.45) is 3.24. The maximum atomic E-state index is 12.3. The van der Waals surface area contributed by atoms with Crippen molar-refractivity contribution in [3.05, 3.63) is 40.3 Å². The van der Waals surface area contributed by atoms with Crippen molar-refractivity contribution in [2.75, 3.05) is 20.1 Å². The van der Waals surface area contributed by atoms with Gasteiger partial charge in [-0.25, -0.2) is 8.42 Å². The van der Waals surface area contributed by atoms with Gasteiger partial charge in [0.15, 0.2) is 0 Å². The van der Waals surface area contributed by atoms with Crippen LogP contribution in [0.4, 0.5) is 0 Å². The zero-order valence-corrected chi connectivity index (χ0v) is 13.9. The number of nitrogens with zero attached hydrogens (tertiary/aromatic N) is 1. The lowest BCUT2D eigenvalue weighted by atomic mass is 9.91. The summed E-state index contributed by atoms with van der Waals surface area (Å²) in [7, 11) is -1.44. The van der Waals surface area contributed by atoms with E-state index in [0.29, 0.717) is 18.1 Å². The topological polar surface area (TPSA) is 49.4 Å². The molecule has 0 aliphatic carbocycles. The lowest BCUT2D eigenvalue weighted by molar-refractivity contribution is 0.221. The lowest BCUT2D eigenvalue weighted by Gasteiger charge is -2.38. The van der Waals surface area contributed by atoms with Crippen LogP contribution in [0.15, 0.2) is 29.7 Å². The van der Waals surface area contributed by atoms with Crippen molar-refractivity contribution in [1.82, 2.24) is 9.62 Å². The van der Waals surface area contributed by atoms with Crippen LogP contribution in [0.3, 0.4) is 0 Å². The maximum absolute atomic E-state index is 12.3. The minimum Gasteiger partial charge on any atom is -0.314 e. The highest BCUT2D eigenvalue weighted by Crippen LogP contribution is 2.23. The number of halogens is 1. The second-order valence-corrected chi connectivity index (χ2v) is 7.86. The Bertz CT molecular complexity index is 603. The summed E-state index contributed by atoms with van der Waals surface area (Å²) in [5.74, 6) is 0. The van der Waals surface area contributed by atoms with E-state index in [0.717, 1.165) is 18.4 Å². The largest absolute Gasteiger partial charge is 0.314 e. The summed E-state index contributed by atoms with van der Waals surface area (Å²) < 4.78 is 26.2.